The summed E-state index contributed by atoms with van der Waals surface area (Å²) in [6.07, 6.45) is -11.6. The Balaban J connectivity index is 1.47. The lowest BCUT2D eigenvalue weighted by atomic mass is 9.87. The van der Waals surface area contributed by atoms with Crippen LogP contribution in [0.1, 0.15) is 58.9 Å². The van der Waals surface area contributed by atoms with E-state index >= 15 is 0 Å². The van der Waals surface area contributed by atoms with E-state index in [1.54, 1.807) is 13.8 Å². The Hall–Kier alpha value is -4.02. The molecule has 0 aliphatic carbocycles. The minimum absolute atomic E-state index is 0.102. The molecule has 0 spiro atoms. The molecule has 2 unspecified atom stereocenters. The topological polar surface area (TPSA) is 39.7 Å². The van der Waals surface area contributed by atoms with Crippen molar-refractivity contribution in [1.82, 2.24) is 0 Å². The normalized spacial score (nSPS) is 17.8. The Morgan fingerprint density at radius 2 is 1.36 bits per heavy atom. The number of nitrogens with one attached hydrogen (secondary N) is 1. The molecule has 10 heteroatoms. The Morgan fingerprint density at radius 1 is 0.733 bits per heavy atom. The van der Waals surface area contributed by atoms with Crippen LogP contribution in [0.15, 0.2) is 91.0 Å². The van der Waals surface area contributed by atoms with Crippen LogP contribution in [-0.4, -0.2) is 11.7 Å². The molecule has 1 heterocycles. The molecule has 238 valence electrons. The first-order valence-corrected chi connectivity index (χ1v) is 14.4. The van der Waals surface area contributed by atoms with E-state index in [1.165, 1.54) is 0 Å². The molecule has 4 aromatic carbocycles. The second kappa shape index (κ2) is 12.8. The molecule has 0 radical (unpaired) electrons. The molecule has 45 heavy (non-hydrogen) atoms. The molecule has 4 nitrogen and oxygen atoms in total. The maximum absolute atomic E-state index is 13.5. The molecule has 0 saturated carbocycles. The van der Waals surface area contributed by atoms with Gasteiger partial charge in [-0.05, 0) is 79.4 Å². The lowest BCUT2D eigenvalue weighted by Crippen LogP contribution is -2.51. The summed E-state index contributed by atoms with van der Waals surface area (Å²) in [6.45, 7) is 5.73. The van der Waals surface area contributed by atoms with Crippen molar-refractivity contribution >= 4 is 5.69 Å². The predicted octanol–water partition coefficient (Wildman–Crippen LogP) is 9.66. The number of aryl methyl sites for hydroxylation is 1. The van der Waals surface area contributed by atoms with Crippen molar-refractivity contribution < 1.29 is 40.6 Å². The van der Waals surface area contributed by atoms with Crippen molar-refractivity contribution in [1.29, 1.82) is 0 Å². The monoisotopic (exact) mass is 629 g/mol. The van der Waals surface area contributed by atoms with E-state index in [1.807, 2.05) is 79.7 Å². The van der Waals surface area contributed by atoms with Gasteiger partial charge in [0.05, 0.1) is 24.3 Å². The Kier molecular flexibility index (Phi) is 9.19. The second-order valence-corrected chi connectivity index (χ2v) is 11.6. The number of hydrogen-bond donors (Lipinski definition) is 1. The van der Waals surface area contributed by atoms with Gasteiger partial charge in [-0.25, -0.2) is 0 Å². The van der Waals surface area contributed by atoms with Gasteiger partial charge in [-0.15, -0.1) is 0 Å². The maximum Gasteiger partial charge on any atom is 0.416 e. The van der Waals surface area contributed by atoms with Crippen LogP contribution < -0.4 is 10.1 Å². The molecular weight excluding hydrogens is 596 g/mol. The molecule has 0 fully saturated rings. The number of fused-ring (bicyclic) bond motifs is 1. The number of rotatable bonds is 9. The Morgan fingerprint density at radius 3 is 2.00 bits per heavy atom. The fourth-order valence-corrected chi connectivity index (χ4v) is 5.36. The van der Waals surface area contributed by atoms with Gasteiger partial charge in [-0.1, -0.05) is 54.6 Å². The summed E-state index contributed by atoms with van der Waals surface area (Å²) < 4.78 is 100. The summed E-state index contributed by atoms with van der Waals surface area (Å²) in [4.78, 5) is 0. The summed E-state index contributed by atoms with van der Waals surface area (Å²) in [5.41, 5.74) is 0.420. The van der Waals surface area contributed by atoms with Crippen molar-refractivity contribution in [2.24, 2.45) is 0 Å². The molecule has 0 aromatic heterocycles. The van der Waals surface area contributed by atoms with Gasteiger partial charge < -0.3 is 19.5 Å². The van der Waals surface area contributed by atoms with Gasteiger partial charge in [0.25, 0.3) is 0 Å². The van der Waals surface area contributed by atoms with Crippen molar-refractivity contribution in [2.75, 3.05) is 5.32 Å². The number of ether oxygens (including phenoxy) is 3. The number of hydrogen-bond acceptors (Lipinski definition) is 4. The smallest absolute Gasteiger partial charge is 0.416 e. The molecule has 2 atom stereocenters. The number of anilines is 1. The average molecular weight is 630 g/mol. The average Bonchev–Trinajstić information content (AvgIpc) is 2.98. The van der Waals surface area contributed by atoms with E-state index in [2.05, 4.69) is 5.32 Å². The van der Waals surface area contributed by atoms with E-state index in [9.17, 15) is 26.3 Å². The largest absolute Gasteiger partial charge is 0.485 e. The molecule has 0 saturated heterocycles. The Bertz CT molecular complexity index is 1590. The van der Waals surface area contributed by atoms with Crippen LogP contribution in [-0.2, 0) is 41.6 Å². The van der Waals surface area contributed by atoms with E-state index in [0.29, 0.717) is 30.0 Å². The Labute approximate surface area is 257 Å². The highest BCUT2D eigenvalue weighted by atomic mass is 19.4. The molecule has 1 aliphatic rings. The van der Waals surface area contributed by atoms with Crippen LogP contribution in [0.4, 0.5) is 32.0 Å². The zero-order valence-corrected chi connectivity index (χ0v) is 24.9. The number of alkyl halides is 6. The van der Waals surface area contributed by atoms with Crippen molar-refractivity contribution in [2.45, 2.75) is 70.7 Å². The lowest BCUT2D eigenvalue weighted by Gasteiger charge is -2.44. The first-order valence-electron chi connectivity index (χ1n) is 14.4. The molecule has 1 N–H and O–H groups in total. The maximum atomic E-state index is 13.5. The van der Waals surface area contributed by atoms with Gasteiger partial charge in [0.1, 0.15) is 23.6 Å². The van der Waals surface area contributed by atoms with Crippen molar-refractivity contribution in [3.05, 3.63) is 130 Å². The molecule has 0 amide bonds. The summed E-state index contributed by atoms with van der Waals surface area (Å²) >= 11 is 0. The summed E-state index contributed by atoms with van der Waals surface area (Å²) in [7, 11) is 0. The minimum Gasteiger partial charge on any atom is -0.485 e. The van der Waals surface area contributed by atoms with Gasteiger partial charge in [-0.3, -0.25) is 0 Å². The summed E-state index contributed by atoms with van der Waals surface area (Å²) in [5.74, 6) is 0.540. The van der Waals surface area contributed by atoms with E-state index in [-0.39, 0.29) is 18.2 Å². The SMILES string of the molecule is Cc1ccccc1CNc1ccc2c(c1)C(OCc1ccccc1)C(OCc1cc(C(F)(F)F)cc(C(F)(F)F)c1)C(C)(C)O2. The zero-order chi connectivity index (χ0) is 32.4. The van der Waals surface area contributed by atoms with Gasteiger partial charge in [0.15, 0.2) is 0 Å². The van der Waals surface area contributed by atoms with Crippen LogP contribution in [0.3, 0.4) is 0 Å². The van der Waals surface area contributed by atoms with E-state index in [4.69, 9.17) is 14.2 Å². The summed E-state index contributed by atoms with van der Waals surface area (Å²) in [6, 6.07) is 24.4. The van der Waals surface area contributed by atoms with Crippen molar-refractivity contribution in [3.63, 3.8) is 0 Å². The number of halogens is 6. The third-order valence-corrected chi connectivity index (χ3v) is 7.74. The molecule has 5 rings (SSSR count). The van der Waals surface area contributed by atoms with Gasteiger partial charge in [-0.2, -0.15) is 26.3 Å². The third-order valence-electron chi connectivity index (χ3n) is 7.74. The van der Waals surface area contributed by atoms with Gasteiger partial charge >= 0.3 is 12.4 Å². The second-order valence-electron chi connectivity index (χ2n) is 11.6. The minimum atomic E-state index is -4.97. The predicted molar refractivity (Wildman–Crippen MR) is 159 cm³/mol. The highest BCUT2D eigenvalue weighted by Gasteiger charge is 2.46. The van der Waals surface area contributed by atoms with Crippen LogP contribution >= 0.6 is 0 Å². The highest BCUT2D eigenvalue weighted by Crippen LogP contribution is 2.45. The molecule has 1 aliphatic heterocycles. The molecule has 4 aromatic rings. The lowest BCUT2D eigenvalue weighted by molar-refractivity contribution is -0.171. The fraction of sp³-hybridized carbons (Fsp3) is 0.314. The quantitative estimate of drug-likeness (QED) is 0.187. The molecule has 0 bridgehead atoms. The first kappa shape index (κ1) is 32.4. The highest BCUT2D eigenvalue weighted by molar-refractivity contribution is 5.54. The van der Waals surface area contributed by atoms with Gasteiger partial charge in [0, 0.05) is 17.8 Å². The van der Waals surface area contributed by atoms with E-state index < -0.39 is 47.9 Å². The van der Waals surface area contributed by atoms with Crippen LogP contribution in [0.2, 0.25) is 0 Å². The third kappa shape index (κ3) is 7.80. The van der Waals surface area contributed by atoms with Crippen LogP contribution in [0.5, 0.6) is 5.75 Å². The standard InChI is InChI=1S/C35H33F6NO3/c1-22-9-7-8-12-25(22)19-42-28-13-14-30-29(18-28)31(43-20-23-10-5-4-6-11-23)32(33(2,3)45-30)44-21-24-15-26(34(36,37)38)17-27(16-24)35(39,40)41/h4-18,31-32,42H,19-21H2,1-3H3. The molecular formula is C35H33F6NO3. The zero-order valence-electron chi connectivity index (χ0n) is 24.9. The summed E-state index contributed by atoms with van der Waals surface area (Å²) in [5, 5.41) is 3.42. The van der Waals surface area contributed by atoms with E-state index in [0.717, 1.165) is 22.4 Å². The van der Waals surface area contributed by atoms with Crippen LogP contribution in [0, 0.1) is 6.92 Å². The number of benzene rings is 4. The first-order chi connectivity index (χ1) is 21.2. The van der Waals surface area contributed by atoms with Crippen LogP contribution in [0.25, 0.3) is 0 Å². The van der Waals surface area contributed by atoms with Crippen molar-refractivity contribution in [3.8, 4) is 5.75 Å². The fourth-order valence-electron chi connectivity index (χ4n) is 5.36. The van der Waals surface area contributed by atoms with Gasteiger partial charge in [0.2, 0.25) is 0 Å².